The van der Waals surface area contributed by atoms with Gasteiger partial charge in [0, 0.05) is 30.4 Å². The lowest BCUT2D eigenvalue weighted by Crippen LogP contribution is -2.38. The molecule has 0 spiro atoms. The topological polar surface area (TPSA) is 25.4 Å². The highest BCUT2D eigenvalue weighted by Crippen LogP contribution is 2.29. The Balaban J connectivity index is 2.07. The third kappa shape index (κ3) is 3.19. The predicted octanol–water partition coefficient (Wildman–Crippen LogP) is 3.00. The third-order valence-corrected chi connectivity index (χ3v) is 4.04. The molecule has 100 valence electrons. The standard InChI is InChI=1S/C14H22N2OS/c1-5-6-16-7-8-17-11(9-16)13-15-12(10-18-13)14(2,3)4/h5,10-11H,1,6-9H2,2-4H3/t11-/m1/s1. The van der Waals surface area contributed by atoms with Crippen LogP contribution in [0.2, 0.25) is 0 Å². The van der Waals surface area contributed by atoms with Crippen LogP contribution in [0.1, 0.15) is 37.6 Å². The Labute approximate surface area is 113 Å². The summed E-state index contributed by atoms with van der Waals surface area (Å²) in [5, 5.41) is 3.26. The zero-order valence-electron chi connectivity index (χ0n) is 11.5. The van der Waals surface area contributed by atoms with Crippen molar-refractivity contribution in [2.45, 2.75) is 32.3 Å². The summed E-state index contributed by atoms with van der Waals surface area (Å²) in [6, 6.07) is 0. The Morgan fingerprint density at radius 1 is 1.61 bits per heavy atom. The van der Waals surface area contributed by atoms with Gasteiger partial charge in [-0.25, -0.2) is 4.98 Å². The maximum Gasteiger partial charge on any atom is 0.123 e. The average molecular weight is 266 g/mol. The van der Waals surface area contributed by atoms with Gasteiger partial charge in [0.2, 0.25) is 0 Å². The van der Waals surface area contributed by atoms with E-state index in [4.69, 9.17) is 9.72 Å². The fourth-order valence-electron chi connectivity index (χ4n) is 1.98. The van der Waals surface area contributed by atoms with E-state index in [9.17, 15) is 0 Å². The maximum absolute atomic E-state index is 5.84. The summed E-state index contributed by atoms with van der Waals surface area (Å²) in [7, 11) is 0. The van der Waals surface area contributed by atoms with E-state index in [-0.39, 0.29) is 11.5 Å². The van der Waals surface area contributed by atoms with Crippen molar-refractivity contribution in [3.05, 3.63) is 28.7 Å². The van der Waals surface area contributed by atoms with Crippen molar-refractivity contribution in [2.75, 3.05) is 26.2 Å². The van der Waals surface area contributed by atoms with Crippen molar-refractivity contribution < 1.29 is 4.74 Å². The summed E-state index contributed by atoms with van der Waals surface area (Å²) in [5.74, 6) is 0. The van der Waals surface area contributed by atoms with E-state index in [0.717, 1.165) is 36.9 Å². The van der Waals surface area contributed by atoms with Gasteiger partial charge in [-0.05, 0) is 0 Å². The molecule has 2 rings (SSSR count). The average Bonchev–Trinajstić information content (AvgIpc) is 2.78. The van der Waals surface area contributed by atoms with Crippen LogP contribution in [0.4, 0.5) is 0 Å². The Morgan fingerprint density at radius 3 is 3.00 bits per heavy atom. The van der Waals surface area contributed by atoms with E-state index in [1.165, 1.54) is 0 Å². The first-order chi connectivity index (χ1) is 8.50. The molecule has 0 bridgehead atoms. The highest BCUT2D eigenvalue weighted by molar-refractivity contribution is 7.09. The Morgan fingerprint density at radius 2 is 2.39 bits per heavy atom. The number of thiazole rings is 1. The highest BCUT2D eigenvalue weighted by atomic mass is 32.1. The number of nitrogens with zero attached hydrogens (tertiary/aromatic N) is 2. The minimum Gasteiger partial charge on any atom is -0.368 e. The van der Waals surface area contributed by atoms with Gasteiger partial charge in [-0.15, -0.1) is 17.9 Å². The first-order valence-corrected chi connectivity index (χ1v) is 7.29. The number of hydrogen-bond acceptors (Lipinski definition) is 4. The lowest BCUT2D eigenvalue weighted by molar-refractivity contribution is -0.0262. The van der Waals surface area contributed by atoms with Crippen LogP contribution in [-0.4, -0.2) is 36.1 Å². The highest BCUT2D eigenvalue weighted by Gasteiger charge is 2.25. The summed E-state index contributed by atoms with van der Waals surface area (Å²) >= 11 is 1.71. The Hall–Kier alpha value is -0.710. The molecular formula is C14H22N2OS. The molecule has 1 fully saturated rings. The van der Waals surface area contributed by atoms with Crippen molar-refractivity contribution in [3.63, 3.8) is 0 Å². The van der Waals surface area contributed by atoms with Crippen molar-refractivity contribution in [2.24, 2.45) is 0 Å². The van der Waals surface area contributed by atoms with Crippen molar-refractivity contribution >= 4 is 11.3 Å². The minimum atomic E-state index is 0.115. The molecule has 18 heavy (non-hydrogen) atoms. The molecule has 1 aliphatic rings. The molecule has 0 aliphatic carbocycles. The van der Waals surface area contributed by atoms with E-state index < -0.39 is 0 Å². The molecular weight excluding hydrogens is 244 g/mol. The summed E-state index contributed by atoms with van der Waals surface area (Å²) in [6.07, 6.45) is 2.07. The molecule has 0 saturated carbocycles. The molecule has 0 N–H and O–H groups in total. The van der Waals surface area contributed by atoms with Gasteiger partial charge in [0.05, 0.1) is 12.3 Å². The normalized spacial score (nSPS) is 22.1. The van der Waals surface area contributed by atoms with Crippen LogP contribution in [0, 0.1) is 0 Å². The van der Waals surface area contributed by atoms with Crippen molar-refractivity contribution in [1.82, 2.24) is 9.88 Å². The molecule has 1 aromatic rings. The summed E-state index contributed by atoms with van der Waals surface area (Å²) in [5.41, 5.74) is 1.27. The van der Waals surface area contributed by atoms with Crippen LogP contribution in [-0.2, 0) is 10.2 Å². The molecule has 2 heterocycles. The fourth-order valence-corrected chi connectivity index (χ4v) is 3.06. The Kier molecular flexibility index (Phi) is 4.20. The zero-order chi connectivity index (χ0) is 13.2. The second-order valence-electron chi connectivity index (χ2n) is 5.73. The van der Waals surface area contributed by atoms with Gasteiger partial charge in [-0.1, -0.05) is 26.8 Å². The molecule has 4 heteroatoms. The van der Waals surface area contributed by atoms with Gasteiger partial charge in [-0.3, -0.25) is 4.90 Å². The van der Waals surface area contributed by atoms with Gasteiger partial charge in [0.1, 0.15) is 11.1 Å². The molecule has 0 radical (unpaired) electrons. The lowest BCUT2D eigenvalue weighted by atomic mass is 9.93. The SMILES string of the molecule is C=CCN1CCO[C@@H](c2nc(C(C)(C)C)cs2)C1. The number of rotatable bonds is 3. The van der Waals surface area contributed by atoms with Gasteiger partial charge >= 0.3 is 0 Å². The first-order valence-electron chi connectivity index (χ1n) is 6.41. The van der Waals surface area contributed by atoms with E-state index in [0.29, 0.717) is 0 Å². The van der Waals surface area contributed by atoms with Crippen LogP contribution in [0.15, 0.2) is 18.0 Å². The third-order valence-electron chi connectivity index (χ3n) is 3.10. The molecule has 3 nitrogen and oxygen atoms in total. The van der Waals surface area contributed by atoms with Crippen LogP contribution in [0.25, 0.3) is 0 Å². The van der Waals surface area contributed by atoms with E-state index in [1.54, 1.807) is 11.3 Å². The summed E-state index contributed by atoms with van der Waals surface area (Å²) in [4.78, 5) is 7.10. The minimum absolute atomic E-state index is 0.115. The number of hydrogen-bond donors (Lipinski definition) is 0. The second-order valence-corrected chi connectivity index (χ2v) is 6.62. The van der Waals surface area contributed by atoms with Gasteiger partial charge < -0.3 is 4.74 Å². The molecule has 1 atom stereocenters. The number of ether oxygens (including phenoxy) is 1. The molecule has 1 saturated heterocycles. The van der Waals surface area contributed by atoms with Crippen molar-refractivity contribution in [1.29, 1.82) is 0 Å². The quantitative estimate of drug-likeness (QED) is 0.786. The zero-order valence-corrected chi connectivity index (χ0v) is 12.3. The number of morpholine rings is 1. The molecule has 0 aromatic carbocycles. The lowest BCUT2D eigenvalue weighted by Gasteiger charge is -2.31. The van der Waals surface area contributed by atoms with Crippen LogP contribution in [0.3, 0.4) is 0 Å². The first kappa shape index (κ1) is 13.7. The van der Waals surface area contributed by atoms with Crippen molar-refractivity contribution in [3.8, 4) is 0 Å². The van der Waals surface area contributed by atoms with Crippen LogP contribution < -0.4 is 0 Å². The van der Waals surface area contributed by atoms with Crippen LogP contribution in [0.5, 0.6) is 0 Å². The number of aromatic nitrogens is 1. The smallest absolute Gasteiger partial charge is 0.123 e. The van der Waals surface area contributed by atoms with Gasteiger partial charge in [0.15, 0.2) is 0 Å². The van der Waals surface area contributed by atoms with Crippen LogP contribution >= 0.6 is 11.3 Å². The van der Waals surface area contributed by atoms with Gasteiger partial charge in [-0.2, -0.15) is 0 Å². The largest absolute Gasteiger partial charge is 0.368 e. The summed E-state index contributed by atoms with van der Waals surface area (Å²) < 4.78 is 5.84. The fraction of sp³-hybridized carbons (Fsp3) is 0.643. The molecule has 1 aromatic heterocycles. The molecule has 0 unspecified atom stereocenters. The molecule has 1 aliphatic heterocycles. The van der Waals surface area contributed by atoms with E-state index in [1.807, 2.05) is 6.08 Å². The van der Waals surface area contributed by atoms with E-state index in [2.05, 4.69) is 37.6 Å². The second kappa shape index (κ2) is 5.51. The van der Waals surface area contributed by atoms with E-state index >= 15 is 0 Å². The summed E-state index contributed by atoms with van der Waals surface area (Å²) in [6.45, 7) is 14.0. The van der Waals surface area contributed by atoms with Gasteiger partial charge in [0.25, 0.3) is 0 Å². The maximum atomic E-state index is 5.84. The Bertz CT molecular complexity index is 408. The molecule has 0 amide bonds. The predicted molar refractivity (Wildman–Crippen MR) is 76.1 cm³/mol. The monoisotopic (exact) mass is 266 g/mol.